The number of hydrogen-bond donors (Lipinski definition) is 2. The first kappa shape index (κ1) is 21.6. The molecule has 6 nitrogen and oxygen atoms in total. The van der Waals surface area contributed by atoms with E-state index >= 15 is 0 Å². The molecule has 2 atom stereocenters. The second-order valence-corrected chi connectivity index (χ2v) is 8.90. The molecule has 1 fully saturated rings. The van der Waals surface area contributed by atoms with E-state index < -0.39 is 23.4 Å². The summed E-state index contributed by atoms with van der Waals surface area (Å²) in [6.45, 7) is 3.21. The van der Waals surface area contributed by atoms with Crippen LogP contribution >= 0.6 is 0 Å². The Morgan fingerprint density at radius 1 is 0.882 bits per heavy atom. The number of nitrogens with zero attached hydrogens (tertiary/aromatic N) is 1. The van der Waals surface area contributed by atoms with Gasteiger partial charge in [0.25, 0.3) is 5.91 Å². The van der Waals surface area contributed by atoms with E-state index in [0.29, 0.717) is 5.56 Å². The number of rotatable bonds is 5. The maximum atomic E-state index is 13.3. The third-order valence-corrected chi connectivity index (χ3v) is 6.55. The van der Waals surface area contributed by atoms with E-state index in [0.717, 1.165) is 32.0 Å². The minimum atomic E-state index is -1.23. The normalized spacial score (nSPS) is 18.8. The molecule has 0 bridgehead atoms. The largest absolute Gasteiger partial charge is 0.348 e. The van der Waals surface area contributed by atoms with Crippen LogP contribution in [0.4, 0.5) is 4.79 Å². The number of carbonyl (C=O) groups is 3. The Balaban J connectivity index is 1.31. The summed E-state index contributed by atoms with van der Waals surface area (Å²) in [7, 11) is 0. The van der Waals surface area contributed by atoms with Gasteiger partial charge in [-0.2, -0.15) is 0 Å². The van der Waals surface area contributed by atoms with E-state index in [1.54, 1.807) is 6.92 Å². The van der Waals surface area contributed by atoms with E-state index in [-0.39, 0.29) is 12.6 Å². The highest BCUT2D eigenvalue weighted by Gasteiger charge is 2.49. The first-order chi connectivity index (χ1) is 16.3. The highest BCUT2D eigenvalue weighted by Crippen LogP contribution is 2.31. The minimum absolute atomic E-state index is 0.273. The lowest BCUT2D eigenvalue weighted by Crippen LogP contribution is -2.43. The molecule has 4 aromatic rings. The van der Waals surface area contributed by atoms with Gasteiger partial charge in [-0.05, 0) is 58.7 Å². The van der Waals surface area contributed by atoms with E-state index in [4.69, 9.17) is 0 Å². The molecule has 6 heteroatoms. The Hall–Kier alpha value is -4.19. The second kappa shape index (κ2) is 8.30. The summed E-state index contributed by atoms with van der Waals surface area (Å²) >= 11 is 0. The molecule has 5 rings (SSSR count). The number of carbonyl (C=O) groups excluding carboxylic acids is 3. The molecule has 4 amide bonds. The molecule has 4 aromatic carbocycles. The van der Waals surface area contributed by atoms with Crippen LogP contribution in [-0.4, -0.2) is 29.3 Å². The van der Waals surface area contributed by atoms with Crippen LogP contribution < -0.4 is 10.6 Å². The summed E-state index contributed by atoms with van der Waals surface area (Å²) in [6.07, 6.45) is 0. The van der Waals surface area contributed by atoms with Crippen LogP contribution in [0, 0.1) is 0 Å². The van der Waals surface area contributed by atoms with Gasteiger partial charge in [-0.15, -0.1) is 0 Å². The Morgan fingerprint density at radius 3 is 2.15 bits per heavy atom. The zero-order chi connectivity index (χ0) is 23.9. The number of amides is 4. The van der Waals surface area contributed by atoms with Crippen LogP contribution in [0.2, 0.25) is 0 Å². The number of urea groups is 1. The molecular formula is C28H25N3O3. The van der Waals surface area contributed by atoms with Crippen molar-refractivity contribution in [2.45, 2.75) is 25.4 Å². The fourth-order valence-electron chi connectivity index (χ4n) is 4.53. The van der Waals surface area contributed by atoms with Gasteiger partial charge in [0, 0.05) is 0 Å². The van der Waals surface area contributed by atoms with Crippen molar-refractivity contribution in [2.24, 2.45) is 0 Å². The third kappa shape index (κ3) is 3.77. The molecular weight excluding hydrogens is 426 g/mol. The Morgan fingerprint density at radius 2 is 1.47 bits per heavy atom. The lowest BCUT2D eigenvalue weighted by molar-refractivity contribution is -0.135. The molecule has 2 N–H and O–H groups in total. The standard InChI is InChI=1S/C28H25N3O3/c1-18(21-12-11-19-7-3-5-9-22(19)15-21)29-25(32)17-31-26(33)28(2,30-27(31)34)24-14-13-20-8-4-6-10-23(20)16-24/h3-16,18H,17H2,1-2H3,(H,29,32)(H,30,34). The summed E-state index contributed by atoms with van der Waals surface area (Å²) in [6, 6.07) is 26.7. The number of nitrogens with one attached hydrogen (secondary N) is 2. The second-order valence-electron chi connectivity index (χ2n) is 8.90. The van der Waals surface area contributed by atoms with E-state index in [1.807, 2.05) is 91.9 Å². The first-order valence-corrected chi connectivity index (χ1v) is 11.3. The summed E-state index contributed by atoms with van der Waals surface area (Å²) in [5, 5.41) is 9.92. The molecule has 0 radical (unpaired) electrons. The molecule has 0 aromatic heterocycles. The van der Waals surface area contributed by atoms with Gasteiger partial charge in [0.1, 0.15) is 12.1 Å². The summed E-state index contributed by atoms with van der Waals surface area (Å²) in [4.78, 5) is 39.7. The van der Waals surface area contributed by atoms with Gasteiger partial charge in [0.15, 0.2) is 0 Å². The molecule has 1 aliphatic heterocycles. The van der Waals surface area contributed by atoms with Gasteiger partial charge >= 0.3 is 6.03 Å². The Labute approximate surface area is 197 Å². The monoisotopic (exact) mass is 451 g/mol. The zero-order valence-electron chi connectivity index (χ0n) is 19.0. The van der Waals surface area contributed by atoms with Crippen molar-refractivity contribution in [3.8, 4) is 0 Å². The van der Waals surface area contributed by atoms with Crippen molar-refractivity contribution >= 4 is 39.4 Å². The maximum Gasteiger partial charge on any atom is 0.325 e. The van der Waals surface area contributed by atoms with Gasteiger partial charge in [-0.1, -0.05) is 72.8 Å². The van der Waals surface area contributed by atoms with E-state index in [9.17, 15) is 14.4 Å². The summed E-state index contributed by atoms with van der Waals surface area (Å²) in [5.74, 6) is -0.840. The van der Waals surface area contributed by atoms with Crippen LogP contribution in [0.3, 0.4) is 0 Å². The fraction of sp³-hybridized carbons (Fsp3) is 0.179. The number of imide groups is 1. The molecule has 170 valence electrons. The Kier molecular flexibility index (Phi) is 5.28. The van der Waals surface area contributed by atoms with E-state index in [1.165, 1.54) is 0 Å². The van der Waals surface area contributed by atoms with Crippen LogP contribution in [0.5, 0.6) is 0 Å². The highest BCUT2D eigenvalue weighted by atomic mass is 16.2. The van der Waals surface area contributed by atoms with Gasteiger partial charge in [0.2, 0.25) is 5.91 Å². The van der Waals surface area contributed by atoms with Gasteiger partial charge < -0.3 is 10.6 Å². The van der Waals surface area contributed by atoms with Crippen LogP contribution in [-0.2, 0) is 15.1 Å². The van der Waals surface area contributed by atoms with Crippen molar-refractivity contribution < 1.29 is 14.4 Å². The van der Waals surface area contributed by atoms with Crippen LogP contribution in [0.1, 0.15) is 31.0 Å². The molecule has 2 unspecified atom stereocenters. The number of fused-ring (bicyclic) bond motifs is 2. The van der Waals surface area contributed by atoms with Crippen molar-refractivity contribution in [2.75, 3.05) is 6.54 Å². The number of hydrogen-bond acceptors (Lipinski definition) is 3. The highest BCUT2D eigenvalue weighted by molar-refractivity contribution is 6.09. The van der Waals surface area contributed by atoms with Crippen molar-refractivity contribution in [3.63, 3.8) is 0 Å². The average Bonchev–Trinajstić information content (AvgIpc) is 3.07. The van der Waals surface area contributed by atoms with E-state index in [2.05, 4.69) is 10.6 Å². The van der Waals surface area contributed by atoms with Crippen LogP contribution in [0.25, 0.3) is 21.5 Å². The SMILES string of the molecule is CC(NC(=O)CN1C(=O)NC(C)(c2ccc3ccccc3c2)C1=O)c1ccc2ccccc2c1. The van der Waals surface area contributed by atoms with Crippen molar-refractivity contribution in [3.05, 3.63) is 96.1 Å². The van der Waals surface area contributed by atoms with Crippen LogP contribution in [0.15, 0.2) is 84.9 Å². The molecule has 0 aliphatic carbocycles. The van der Waals surface area contributed by atoms with Crippen molar-refractivity contribution in [1.82, 2.24) is 15.5 Å². The molecule has 1 saturated heterocycles. The minimum Gasteiger partial charge on any atom is -0.348 e. The van der Waals surface area contributed by atoms with Gasteiger partial charge in [-0.25, -0.2) is 4.79 Å². The number of benzene rings is 4. The average molecular weight is 452 g/mol. The summed E-state index contributed by atoms with van der Waals surface area (Å²) in [5.41, 5.74) is 0.396. The lowest BCUT2D eigenvalue weighted by atomic mass is 9.90. The zero-order valence-corrected chi connectivity index (χ0v) is 19.0. The van der Waals surface area contributed by atoms with Crippen molar-refractivity contribution in [1.29, 1.82) is 0 Å². The van der Waals surface area contributed by atoms with Gasteiger partial charge in [0.05, 0.1) is 6.04 Å². The molecule has 1 aliphatic rings. The first-order valence-electron chi connectivity index (χ1n) is 11.3. The lowest BCUT2D eigenvalue weighted by Gasteiger charge is -2.23. The Bertz CT molecular complexity index is 1450. The molecule has 0 saturated carbocycles. The summed E-state index contributed by atoms with van der Waals surface area (Å²) < 4.78 is 0. The quantitative estimate of drug-likeness (QED) is 0.434. The third-order valence-electron chi connectivity index (χ3n) is 6.55. The predicted molar refractivity (Wildman–Crippen MR) is 132 cm³/mol. The maximum absolute atomic E-state index is 13.3. The topological polar surface area (TPSA) is 78.5 Å². The smallest absolute Gasteiger partial charge is 0.325 e. The van der Waals surface area contributed by atoms with Gasteiger partial charge in [-0.3, -0.25) is 14.5 Å². The fourth-order valence-corrected chi connectivity index (χ4v) is 4.53. The molecule has 1 heterocycles. The predicted octanol–water partition coefficient (Wildman–Crippen LogP) is 4.64. The molecule has 34 heavy (non-hydrogen) atoms. The molecule has 0 spiro atoms.